The van der Waals surface area contributed by atoms with Crippen molar-refractivity contribution < 1.29 is 9.13 Å². The Bertz CT molecular complexity index is 1330. The number of anilines is 1. The molecule has 8 heteroatoms. The van der Waals surface area contributed by atoms with E-state index in [2.05, 4.69) is 39.3 Å². The standard InChI is InChI=1S/C27H32FN5OS/c1-35(2,3)18-17-34-19-33-23-11-5-4-10-22(23)31-27(33)24-20(25-21(28)9-8-13-29-25)12-14-30-26(24)32-15-6-7-16-32/h4-5,8-14H,6-7,15-19H2,1-3H3. The third-order valence-electron chi connectivity index (χ3n) is 6.29. The Morgan fingerprint density at radius 3 is 2.54 bits per heavy atom. The molecule has 3 aromatic heterocycles. The molecule has 4 heterocycles. The molecule has 0 atom stereocenters. The summed E-state index contributed by atoms with van der Waals surface area (Å²) in [5.74, 6) is 2.22. The molecule has 5 rings (SSSR count). The normalized spacial score (nSPS) is 14.7. The number of hydrogen-bond acceptors (Lipinski definition) is 5. The van der Waals surface area contributed by atoms with Gasteiger partial charge >= 0.3 is 0 Å². The molecule has 4 aromatic rings. The summed E-state index contributed by atoms with van der Waals surface area (Å²) in [6, 6.07) is 12.9. The number of benzene rings is 1. The molecule has 1 aromatic carbocycles. The van der Waals surface area contributed by atoms with Gasteiger partial charge in [-0.3, -0.25) is 9.55 Å². The van der Waals surface area contributed by atoms with Crippen LogP contribution in [0.25, 0.3) is 33.7 Å². The Labute approximate surface area is 207 Å². The van der Waals surface area contributed by atoms with Crippen LogP contribution in [0.2, 0.25) is 0 Å². The molecule has 1 aliphatic rings. The predicted molar refractivity (Wildman–Crippen MR) is 144 cm³/mol. The van der Waals surface area contributed by atoms with E-state index < -0.39 is 10.0 Å². The minimum absolute atomic E-state index is 0.307. The fourth-order valence-electron chi connectivity index (χ4n) is 4.48. The molecule has 0 radical (unpaired) electrons. The third-order valence-corrected chi connectivity index (χ3v) is 7.68. The molecular weight excluding hydrogens is 461 g/mol. The lowest BCUT2D eigenvalue weighted by Gasteiger charge is -2.25. The van der Waals surface area contributed by atoms with Gasteiger partial charge in [0.2, 0.25) is 0 Å². The van der Waals surface area contributed by atoms with Crippen molar-refractivity contribution >= 4 is 26.9 Å². The van der Waals surface area contributed by atoms with Crippen LogP contribution in [-0.4, -0.2) is 63.7 Å². The summed E-state index contributed by atoms with van der Waals surface area (Å²) >= 11 is 0. The lowest BCUT2D eigenvalue weighted by Crippen LogP contribution is -2.21. The van der Waals surface area contributed by atoms with Crippen molar-refractivity contribution in [3.05, 3.63) is 60.7 Å². The summed E-state index contributed by atoms with van der Waals surface area (Å²) in [5, 5.41) is 0. The third kappa shape index (κ3) is 5.04. The molecule has 0 saturated carbocycles. The average Bonchev–Trinajstić information content (AvgIpc) is 3.49. The van der Waals surface area contributed by atoms with Crippen LogP contribution in [0, 0.1) is 5.82 Å². The first-order chi connectivity index (χ1) is 16.9. The van der Waals surface area contributed by atoms with Crippen LogP contribution in [-0.2, 0) is 11.5 Å². The van der Waals surface area contributed by atoms with Gasteiger partial charge in [-0.05, 0) is 61.9 Å². The van der Waals surface area contributed by atoms with Gasteiger partial charge in [-0.1, -0.05) is 12.1 Å². The largest absolute Gasteiger partial charge is 0.360 e. The second-order valence-corrected chi connectivity index (χ2v) is 14.4. The van der Waals surface area contributed by atoms with Gasteiger partial charge in [0.15, 0.2) is 0 Å². The summed E-state index contributed by atoms with van der Waals surface area (Å²) < 4.78 is 23.3. The highest BCUT2D eigenvalue weighted by Gasteiger charge is 2.27. The maximum Gasteiger partial charge on any atom is 0.149 e. The number of hydrogen-bond donors (Lipinski definition) is 0. The van der Waals surface area contributed by atoms with Crippen LogP contribution in [0.4, 0.5) is 10.2 Å². The van der Waals surface area contributed by atoms with Crippen LogP contribution in [0.3, 0.4) is 0 Å². The van der Waals surface area contributed by atoms with Gasteiger partial charge in [0.1, 0.15) is 29.9 Å². The molecule has 0 spiro atoms. The van der Waals surface area contributed by atoms with Gasteiger partial charge in [0, 0.05) is 36.8 Å². The maximum atomic E-state index is 15.0. The number of halogens is 1. The van der Waals surface area contributed by atoms with Crippen molar-refractivity contribution in [2.24, 2.45) is 0 Å². The second kappa shape index (κ2) is 9.95. The van der Waals surface area contributed by atoms with Crippen molar-refractivity contribution in [2.75, 3.05) is 49.1 Å². The fourth-order valence-corrected chi connectivity index (χ4v) is 5.10. The molecule has 184 valence electrons. The summed E-state index contributed by atoms with van der Waals surface area (Å²) in [6.45, 7) is 2.88. The zero-order chi connectivity index (χ0) is 24.4. The smallest absolute Gasteiger partial charge is 0.149 e. The van der Waals surface area contributed by atoms with Crippen LogP contribution in [0.5, 0.6) is 0 Å². The van der Waals surface area contributed by atoms with Crippen molar-refractivity contribution in [3.8, 4) is 22.6 Å². The van der Waals surface area contributed by atoms with Crippen LogP contribution >= 0.6 is 10.0 Å². The van der Waals surface area contributed by atoms with Gasteiger partial charge in [-0.2, -0.15) is 0 Å². The lowest BCUT2D eigenvalue weighted by atomic mass is 10.0. The SMILES string of the molecule is CS(C)(C)CCOCn1c(-c2c(-c3ncccc3F)ccnc2N2CCCC2)nc2ccccc21. The van der Waals surface area contributed by atoms with E-state index in [4.69, 9.17) is 14.7 Å². The number of para-hydroxylation sites is 2. The highest BCUT2D eigenvalue weighted by molar-refractivity contribution is 8.32. The first-order valence-electron chi connectivity index (χ1n) is 12.0. The first kappa shape index (κ1) is 23.8. The maximum absolute atomic E-state index is 15.0. The Morgan fingerprint density at radius 2 is 1.77 bits per heavy atom. The molecule has 0 amide bonds. The van der Waals surface area contributed by atoms with E-state index in [-0.39, 0.29) is 5.82 Å². The number of nitrogens with zero attached hydrogens (tertiary/aromatic N) is 5. The topological polar surface area (TPSA) is 56.1 Å². The number of rotatable bonds is 8. The summed E-state index contributed by atoms with van der Waals surface area (Å²) in [7, 11) is -0.652. The number of imidazole rings is 1. The molecule has 0 bridgehead atoms. The summed E-state index contributed by atoms with van der Waals surface area (Å²) in [5.41, 5.74) is 3.65. The van der Waals surface area contributed by atoms with Gasteiger partial charge < -0.3 is 9.64 Å². The molecule has 1 aliphatic heterocycles. The van der Waals surface area contributed by atoms with Gasteiger partial charge in [0.25, 0.3) is 0 Å². The zero-order valence-corrected chi connectivity index (χ0v) is 21.4. The number of aromatic nitrogens is 4. The van der Waals surface area contributed by atoms with Gasteiger partial charge in [-0.25, -0.2) is 24.4 Å². The molecule has 6 nitrogen and oxygen atoms in total. The van der Waals surface area contributed by atoms with E-state index in [1.165, 1.54) is 6.07 Å². The van der Waals surface area contributed by atoms with Crippen LogP contribution < -0.4 is 4.90 Å². The zero-order valence-electron chi connectivity index (χ0n) is 20.6. The Kier molecular flexibility index (Phi) is 6.75. The van der Waals surface area contributed by atoms with E-state index in [1.54, 1.807) is 18.5 Å². The fraction of sp³-hybridized carbons (Fsp3) is 0.370. The van der Waals surface area contributed by atoms with E-state index in [0.717, 1.165) is 59.9 Å². The van der Waals surface area contributed by atoms with E-state index in [9.17, 15) is 4.39 Å². The summed E-state index contributed by atoms with van der Waals surface area (Å²) in [4.78, 5) is 16.5. The van der Waals surface area contributed by atoms with Crippen LogP contribution in [0.1, 0.15) is 12.8 Å². The molecule has 1 fully saturated rings. The van der Waals surface area contributed by atoms with Crippen molar-refractivity contribution in [2.45, 2.75) is 19.6 Å². The Hall–Kier alpha value is -2.97. The number of pyridine rings is 2. The number of fused-ring (bicyclic) bond motifs is 1. The number of ether oxygens (including phenoxy) is 1. The van der Waals surface area contributed by atoms with Crippen molar-refractivity contribution in [1.29, 1.82) is 0 Å². The molecule has 1 saturated heterocycles. The van der Waals surface area contributed by atoms with Crippen molar-refractivity contribution in [1.82, 2.24) is 19.5 Å². The van der Waals surface area contributed by atoms with Crippen molar-refractivity contribution in [3.63, 3.8) is 0 Å². The highest BCUT2D eigenvalue weighted by atomic mass is 32.3. The van der Waals surface area contributed by atoms with Gasteiger partial charge in [0.05, 0.1) is 23.2 Å². The Balaban J connectivity index is 1.68. The lowest BCUT2D eigenvalue weighted by molar-refractivity contribution is 0.0934. The molecule has 0 unspecified atom stereocenters. The Morgan fingerprint density at radius 1 is 0.971 bits per heavy atom. The minimum Gasteiger partial charge on any atom is -0.360 e. The van der Waals surface area contributed by atoms with E-state index >= 15 is 0 Å². The highest BCUT2D eigenvalue weighted by Crippen LogP contribution is 2.40. The molecule has 0 aliphatic carbocycles. The monoisotopic (exact) mass is 493 g/mol. The predicted octanol–water partition coefficient (Wildman–Crippen LogP) is 5.57. The van der Waals surface area contributed by atoms with Gasteiger partial charge in [-0.15, -0.1) is 0 Å². The summed E-state index contributed by atoms with van der Waals surface area (Å²) in [6.07, 6.45) is 12.5. The molecule has 0 N–H and O–H groups in total. The quantitative estimate of drug-likeness (QED) is 0.301. The minimum atomic E-state index is -0.652. The first-order valence-corrected chi connectivity index (χ1v) is 15.0. The van der Waals surface area contributed by atoms with E-state index in [0.29, 0.717) is 24.6 Å². The average molecular weight is 494 g/mol. The molecular formula is C27H32FN5OS. The van der Waals surface area contributed by atoms with E-state index in [1.807, 2.05) is 24.3 Å². The molecule has 35 heavy (non-hydrogen) atoms. The van der Waals surface area contributed by atoms with Crippen LogP contribution in [0.15, 0.2) is 54.9 Å². The second-order valence-electron chi connectivity index (χ2n) is 9.77.